The molecule has 112 valence electrons. The monoisotopic (exact) mass is 292 g/mol. The van der Waals surface area contributed by atoms with Crippen molar-refractivity contribution in [2.75, 3.05) is 6.61 Å². The molecule has 1 N–H and O–H groups in total. The lowest BCUT2D eigenvalue weighted by Crippen LogP contribution is -2.01. The Hall–Kier alpha value is -2.39. The van der Waals surface area contributed by atoms with Crippen molar-refractivity contribution in [1.82, 2.24) is 9.78 Å². The molecule has 0 bridgehead atoms. The van der Waals surface area contributed by atoms with Crippen LogP contribution in [0.25, 0.3) is 16.8 Å². The highest BCUT2D eigenvalue weighted by atomic mass is 16.2. The Morgan fingerprint density at radius 2 is 1.77 bits per heavy atom. The number of aliphatic hydroxyl groups excluding tert-OH is 1. The highest BCUT2D eigenvalue weighted by Gasteiger charge is 2.14. The minimum absolute atomic E-state index is 0.163. The molecule has 1 heterocycles. The van der Waals surface area contributed by atoms with Crippen LogP contribution in [0.5, 0.6) is 0 Å². The number of hydrogen-bond acceptors (Lipinski definition) is 2. The average Bonchev–Trinajstić information content (AvgIpc) is 2.84. The third-order valence-corrected chi connectivity index (χ3v) is 3.91. The van der Waals surface area contributed by atoms with Gasteiger partial charge < -0.3 is 5.11 Å². The molecule has 1 aromatic heterocycles. The van der Waals surface area contributed by atoms with Gasteiger partial charge in [-0.15, -0.1) is 0 Å². The third-order valence-electron chi connectivity index (χ3n) is 3.91. The van der Waals surface area contributed by atoms with Crippen molar-refractivity contribution in [3.8, 4) is 16.8 Å². The molecule has 3 heteroatoms. The second-order valence-electron chi connectivity index (χ2n) is 5.47. The van der Waals surface area contributed by atoms with E-state index in [0.717, 1.165) is 22.6 Å². The fourth-order valence-electron chi connectivity index (χ4n) is 2.89. The van der Waals surface area contributed by atoms with Gasteiger partial charge in [-0.25, -0.2) is 4.68 Å². The van der Waals surface area contributed by atoms with E-state index < -0.39 is 0 Å². The van der Waals surface area contributed by atoms with E-state index in [-0.39, 0.29) is 6.61 Å². The molecule has 22 heavy (non-hydrogen) atoms. The molecular formula is C19H20N2O. The van der Waals surface area contributed by atoms with Gasteiger partial charge >= 0.3 is 0 Å². The summed E-state index contributed by atoms with van der Waals surface area (Å²) in [4.78, 5) is 0. The quantitative estimate of drug-likeness (QED) is 0.796. The molecule has 3 aromatic rings. The SMILES string of the molecule is Cc1nn(-c2cccc(CCO)c2)c(C)c1-c1ccccc1. The van der Waals surface area contributed by atoms with Gasteiger partial charge in [0.2, 0.25) is 0 Å². The predicted octanol–water partition coefficient (Wildman–Crippen LogP) is 3.69. The summed E-state index contributed by atoms with van der Waals surface area (Å²) in [5.74, 6) is 0. The number of aryl methyl sites for hydroxylation is 1. The van der Waals surface area contributed by atoms with Gasteiger partial charge in [-0.05, 0) is 43.5 Å². The van der Waals surface area contributed by atoms with E-state index in [4.69, 9.17) is 10.2 Å². The summed E-state index contributed by atoms with van der Waals surface area (Å²) in [5.41, 5.74) is 6.69. The zero-order chi connectivity index (χ0) is 15.5. The summed E-state index contributed by atoms with van der Waals surface area (Å²) < 4.78 is 1.98. The van der Waals surface area contributed by atoms with Crippen LogP contribution in [-0.2, 0) is 6.42 Å². The minimum atomic E-state index is 0.163. The molecule has 0 fully saturated rings. The molecule has 0 saturated carbocycles. The van der Waals surface area contributed by atoms with Gasteiger partial charge in [0.05, 0.1) is 11.4 Å². The average molecular weight is 292 g/mol. The van der Waals surface area contributed by atoms with Crippen molar-refractivity contribution >= 4 is 0 Å². The summed E-state index contributed by atoms with van der Waals surface area (Å²) in [7, 11) is 0. The number of benzene rings is 2. The van der Waals surface area contributed by atoms with E-state index in [0.29, 0.717) is 6.42 Å². The predicted molar refractivity (Wildman–Crippen MR) is 89.3 cm³/mol. The molecule has 0 aliphatic heterocycles. The molecule has 0 saturated heterocycles. The molecule has 3 rings (SSSR count). The largest absolute Gasteiger partial charge is 0.396 e. The molecule has 2 aromatic carbocycles. The van der Waals surface area contributed by atoms with Crippen molar-refractivity contribution in [1.29, 1.82) is 0 Å². The standard InChI is InChI=1S/C19H20N2O/c1-14-19(17-8-4-3-5-9-17)15(2)21(20-14)18-10-6-7-16(13-18)11-12-22/h3-10,13,22H,11-12H2,1-2H3. The van der Waals surface area contributed by atoms with E-state index in [1.165, 1.54) is 11.1 Å². The lowest BCUT2D eigenvalue weighted by molar-refractivity contribution is 0.299. The van der Waals surface area contributed by atoms with Crippen molar-refractivity contribution in [3.05, 3.63) is 71.5 Å². The summed E-state index contributed by atoms with van der Waals surface area (Å²) in [5, 5.41) is 13.8. The van der Waals surface area contributed by atoms with Crippen LogP contribution in [0.1, 0.15) is 17.0 Å². The first kappa shape index (κ1) is 14.5. The Kier molecular flexibility index (Phi) is 4.07. The maximum Gasteiger partial charge on any atom is 0.0679 e. The first-order chi connectivity index (χ1) is 10.7. The van der Waals surface area contributed by atoms with Crippen molar-refractivity contribution < 1.29 is 5.11 Å². The molecule has 0 aliphatic carbocycles. The normalized spacial score (nSPS) is 10.9. The molecule has 0 aliphatic rings. The highest BCUT2D eigenvalue weighted by Crippen LogP contribution is 2.28. The van der Waals surface area contributed by atoms with Gasteiger partial charge in [0.25, 0.3) is 0 Å². The number of aliphatic hydroxyl groups is 1. The second kappa shape index (κ2) is 6.16. The molecule has 0 unspecified atom stereocenters. The van der Waals surface area contributed by atoms with Crippen LogP contribution in [0.2, 0.25) is 0 Å². The number of aromatic nitrogens is 2. The summed E-state index contributed by atoms with van der Waals surface area (Å²) in [6.07, 6.45) is 0.665. The van der Waals surface area contributed by atoms with E-state index in [9.17, 15) is 0 Å². The van der Waals surface area contributed by atoms with Crippen molar-refractivity contribution in [2.24, 2.45) is 0 Å². The molecule has 0 spiro atoms. The van der Waals surface area contributed by atoms with Gasteiger partial charge in [-0.1, -0.05) is 42.5 Å². The molecule has 3 nitrogen and oxygen atoms in total. The van der Waals surface area contributed by atoms with E-state index in [1.807, 2.05) is 41.9 Å². The van der Waals surface area contributed by atoms with Crippen LogP contribution >= 0.6 is 0 Å². The first-order valence-electron chi connectivity index (χ1n) is 7.52. The van der Waals surface area contributed by atoms with Gasteiger partial charge in [0.15, 0.2) is 0 Å². The fourth-order valence-corrected chi connectivity index (χ4v) is 2.89. The van der Waals surface area contributed by atoms with Gasteiger partial charge in [-0.2, -0.15) is 5.10 Å². The lowest BCUT2D eigenvalue weighted by Gasteiger charge is -2.07. The number of rotatable bonds is 4. The summed E-state index contributed by atoms with van der Waals surface area (Å²) in [6.45, 7) is 4.31. The van der Waals surface area contributed by atoms with Crippen LogP contribution in [0.3, 0.4) is 0 Å². The van der Waals surface area contributed by atoms with Crippen LogP contribution in [0, 0.1) is 13.8 Å². The maximum absolute atomic E-state index is 9.11. The van der Waals surface area contributed by atoms with Crippen LogP contribution < -0.4 is 0 Å². The Morgan fingerprint density at radius 3 is 2.50 bits per heavy atom. The molecule has 0 radical (unpaired) electrons. The van der Waals surface area contributed by atoms with E-state index >= 15 is 0 Å². The maximum atomic E-state index is 9.11. The smallest absolute Gasteiger partial charge is 0.0679 e. The molecular weight excluding hydrogens is 272 g/mol. The van der Waals surface area contributed by atoms with Gasteiger partial charge in [0, 0.05) is 17.9 Å². The summed E-state index contributed by atoms with van der Waals surface area (Å²) in [6, 6.07) is 18.5. The Bertz CT molecular complexity index is 775. The van der Waals surface area contributed by atoms with E-state index in [2.05, 4.69) is 31.2 Å². The number of hydrogen-bond donors (Lipinski definition) is 1. The Balaban J connectivity index is 2.08. The minimum Gasteiger partial charge on any atom is -0.396 e. The fraction of sp³-hybridized carbons (Fsp3) is 0.211. The van der Waals surface area contributed by atoms with Crippen LogP contribution in [-0.4, -0.2) is 21.5 Å². The second-order valence-corrected chi connectivity index (χ2v) is 5.47. The molecule has 0 atom stereocenters. The Labute approximate surface area is 130 Å². The zero-order valence-electron chi connectivity index (χ0n) is 13.0. The molecule has 0 amide bonds. The van der Waals surface area contributed by atoms with Crippen LogP contribution in [0.15, 0.2) is 54.6 Å². The first-order valence-corrected chi connectivity index (χ1v) is 7.52. The Morgan fingerprint density at radius 1 is 1.00 bits per heavy atom. The third kappa shape index (κ3) is 2.68. The van der Waals surface area contributed by atoms with Crippen LogP contribution in [0.4, 0.5) is 0 Å². The summed E-state index contributed by atoms with van der Waals surface area (Å²) >= 11 is 0. The van der Waals surface area contributed by atoms with E-state index in [1.54, 1.807) is 0 Å². The number of nitrogens with zero attached hydrogens (tertiary/aromatic N) is 2. The van der Waals surface area contributed by atoms with Crippen molar-refractivity contribution in [2.45, 2.75) is 20.3 Å². The van der Waals surface area contributed by atoms with Gasteiger partial charge in [-0.3, -0.25) is 0 Å². The topological polar surface area (TPSA) is 38.0 Å². The lowest BCUT2D eigenvalue weighted by atomic mass is 10.0. The highest BCUT2D eigenvalue weighted by molar-refractivity contribution is 5.69. The zero-order valence-corrected chi connectivity index (χ0v) is 13.0. The van der Waals surface area contributed by atoms with Gasteiger partial charge in [0.1, 0.15) is 0 Å². The van der Waals surface area contributed by atoms with Crippen molar-refractivity contribution in [3.63, 3.8) is 0 Å².